The monoisotopic (exact) mass is 447 g/mol. The van der Waals surface area contributed by atoms with Crippen LogP contribution in [0, 0.1) is 0 Å². The minimum Gasteiger partial charge on any atom is -0.507 e. The van der Waals surface area contributed by atoms with Crippen molar-refractivity contribution in [2.75, 3.05) is 20.6 Å². The second kappa shape index (κ2) is 10.9. The molecule has 2 aromatic carbocycles. The number of nitrogens with zero attached hydrogens (tertiary/aromatic N) is 1. The van der Waals surface area contributed by atoms with Gasteiger partial charge in [-0.15, -0.1) is 0 Å². The van der Waals surface area contributed by atoms with Crippen molar-refractivity contribution in [2.24, 2.45) is 0 Å². The highest BCUT2D eigenvalue weighted by atomic mass is 35.5. The summed E-state index contributed by atoms with van der Waals surface area (Å²) in [7, 11) is 4.14. The van der Waals surface area contributed by atoms with Crippen LogP contribution < -0.4 is 0 Å². The highest BCUT2D eigenvalue weighted by molar-refractivity contribution is 7.99. The summed E-state index contributed by atoms with van der Waals surface area (Å²) in [5.74, 6) is -2.26. The summed E-state index contributed by atoms with van der Waals surface area (Å²) in [6.45, 7) is 0.987. The number of carboxylic acids is 2. The molecule has 2 aromatic rings. The lowest BCUT2D eigenvalue weighted by Gasteiger charge is -2.23. The quantitative estimate of drug-likeness (QED) is 0.491. The molecule has 0 amide bonds. The van der Waals surface area contributed by atoms with Gasteiger partial charge in [-0.25, -0.2) is 9.59 Å². The normalized spacial score (nSPS) is 13.5. The molecular weight excluding hydrogens is 426 g/mol. The minimum atomic E-state index is -1.26. The zero-order chi connectivity index (χ0) is 22.3. The van der Waals surface area contributed by atoms with Crippen LogP contribution in [0.4, 0.5) is 0 Å². The predicted molar refractivity (Wildman–Crippen MR) is 118 cm³/mol. The number of hydrogen-bond donors (Lipinski definition) is 3. The van der Waals surface area contributed by atoms with Crippen LogP contribution >= 0.6 is 23.4 Å². The maximum atomic E-state index is 10.3. The lowest BCUT2D eigenvalue weighted by molar-refractivity contribution is -0.134. The second-order valence-electron chi connectivity index (χ2n) is 6.62. The van der Waals surface area contributed by atoms with E-state index in [1.54, 1.807) is 17.8 Å². The molecule has 8 heteroatoms. The standard InChI is InChI=1S/C18H18ClNOS.C4H4O4/c1-20(2)9-5-7-13-14-6-3-4-8-17(14)22-18-15(13)10-12(19)11-16(18)21;5-3(6)1-2-4(7)8/h3-4,6-8,10-11,21H,5,9H2,1-2H3;1-2H,(H,5,6)(H,7,8)/b13-7+;2-1-. The van der Waals surface area contributed by atoms with Crippen molar-refractivity contribution >= 4 is 40.9 Å². The Morgan fingerprint density at radius 3 is 2.30 bits per heavy atom. The number of rotatable bonds is 5. The Morgan fingerprint density at radius 1 is 1.07 bits per heavy atom. The topological polar surface area (TPSA) is 98.1 Å². The second-order valence-corrected chi connectivity index (χ2v) is 8.11. The number of hydrogen-bond acceptors (Lipinski definition) is 5. The summed E-state index contributed by atoms with van der Waals surface area (Å²) >= 11 is 7.76. The van der Waals surface area contributed by atoms with Gasteiger partial charge in [-0.3, -0.25) is 0 Å². The van der Waals surface area contributed by atoms with Gasteiger partial charge in [-0.05, 0) is 49.9 Å². The average Bonchev–Trinajstić information content (AvgIpc) is 2.67. The number of carboxylic acid groups (broad SMARTS) is 2. The lowest BCUT2D eigenvalue weighted by atomic mass is 9.95. The van der Waals surface area contributed by atoms with Gasteiger partial charge in [0, 0.05) is 34.2 Å². The van der Waals surface area contributed by atoms with Crippen LogP contribution in [-0.4, -0.2) is 52.8 Å². The summed E-state index contributed by atoms with van der Waals surface area (Å²) in [6, 6.07) is 11.9. The zero-order valence-corrected chi connectivity index (χ0v) is 18.1. The third-order valence-corrected chi connectivity index (χ3v) is 5.43. The van der Waals surface area contributed by atoms with Crippen molar-refractivity contribution in [2.45, 2.75) is 16.2 Å². The van der Waals surface area contributed by atoms with E-state index in [1.807, 2.05) is 12.1 Å². The van der Waals surface area contributed by atoms with Crippen molar-refractivity contribution in [1.82, 2.24) is 4.90 Å². The molecule has 0 spiro atoms. The molecule has 1 heterocycles. The Bertz CT molecular complexity index is 985. The van der Waals surface area contributed by atoms with Gasteiger partial charge >= 0.3 is 11.9 Å². The molecule has 0 aromatic heterocycles. The SMILES string of the molecule is CN(C)CC/C=C1\c2ccccc2Sc2c(O)cc(Cl)cc21.O=C(O)/C=C\C(=O)O. The first-order chi connectivity index (χ1) is 14.2. The number of carbonyl (C=O) groups is 2. The van der Waals surface area contributed by atoms with Crippen LogP contribution in [0.3, 0.4) is 0 Å². The van der Waals surface area contributed by atoms with E-state index in [9.17, 15) is 14.7 Å². The van der Waals surface area contributed by atoms with E-state index in [-0.39, 0.29) is 5.75 Å². The molecule has 1 aliphatic rings. The fraction of sp³-hybridized carbons (Fsp3) is 0.182. The molecular formula is C22H22ClNO5S. The highest BCUT2D eigenvalue weighted by Gasteiger charge is 2.23. The van der Waals surface area contributed by atoms with E-state index in [4.69, 9.17) is 21.8 Å². The summed E-state index contributed by atoms with van der Waals surface area (Å²) in [5, 5.41) is 26.4. The average molecular weight is 448 g/mol. The Labute approximate surface area is 184 Å². The third kappa shape index (κ3) is 6.66. The molecule has 3 rings (SSSR count). The summed E-state index contributed by atoms with van der Waals surface area (Å²) in [5.41, 5.74) is 3.39. The molecule has 0 radical (unpaired) electrons. The van der Waals surface area contributed by atoms with E-state index < -0.39 is 11.9 Å². The van der Waals surface area contributed by atoms with Crippen molar-refractivity contribution < 1.29 is 24.9 Å². The smallest absolute Gasteiger partial charge is 0.328 e. The molecule has 0 saturated carbocycles. The van der Waals surface area contributed by atoms with Crippen LogP contribution in [0.5, 0.6) is 5.75 Å². The van der Waals surface area contributed by atoms with E-state index >= 15 is 0 Å². The van der Waals surface area contributed by atoms with Gasteiger partial charge in [0.1, 0.15) is 5.75 Å². The highest BCUT2D eigenvalue weighted by Crippen LogP contribution is 2.49. The van der Waals surface area contributed by atoms with E-state index in [0.717, 1.165) is 29.0 Å². The first kappa shape index (κ1) is 23.5. The van der Waals surface area contributed by atoms with E-state index in [1.165, 1.54) is 10.5 Å². The van der Waals surface area contributed by atoms with Crippen LogP contribution in [0.1, 0.15) is 17.5 Å². The molecule has 0 atom stereocenters. The van der Waals surface area contributed by atoms with Crippen molar-refractivity contribution in [3.8, 4) is 5.75 Å². The molecule has 0 bridgehead atoms. The van der Waals surface area contributed by atoms with Crippen LogP contribution in [0.2, 0.25) is 5.02 Å². The molecule has 3 N–H and O–H groups in total. The van der Waals surface area contributed by atoms with Crippen molar-refractivity contribution in [3.05, 3.63) is 70.8 Å². The zero-order valence-electron chi connectivity index (χ0n) is 16.5. The first-order valence-electron chi connectivity index (χ1n) is 8.98. The number of phenols is 1. The first-order valence-corrected chi connectivity index (χ1v) is 10.2. The third-order valence-electron chi connectivity index (χ3n) is 4.01. The maximum Gasteiger partial charge on any atom is 0.328 e. The summed E-state index contributed by atoms with van der Waals surface area (Å²) in [6.07, 6.45) is 4.31. The fourth-order valence-corrected chi connectivity index (χ4v) is 4.06. The number of aromatic hydroxyl groups is 1. The molecule has 158 valence electrons. The Balaban J connectivity index is 0.000000343. The van der Waals surface area contributed by atoms with E-state index in [2.05, 4.69) is 43.3 Å². The fourth-order valence-electron chi connectivity index (χ4n) is 2.75. The molecule has 1 aliphatic heterocycles. The maximum absolute atomic E-state index is 10.3. The Kier molecular flexibility index (Phi) is 8.53. The predicted octanol–water partition coefficient (Wildman–Crippen LogP) is 4.61. The molecule has 0 fully saturated rings. The van der Waals surface area contributed by atoms with Crippen LogP contribution in [0.15, 0.2) is 64.4 Å². The Hall–Kier alpha value is -2.74. The van der Waals surface area contributed by atoms with Crippen molar-refractivity contribution in [1.29, 1.82) is 0 Å². The number of benzene rings is 2. The van der Waals surface area contributed by atoms with Crippen molar-refractivity contribution in [3.63, 3.8) is 0 Å². The molecule has 0 unspecified atom stereocenters. The number of halogens is 1. The van der Waals surface area contributed by atoms with Gasteiger partial charge in [0.15, 0.2) is 0 Å². The number of phenolic OH excluding ortho intramolecular Hbond substituents is 1. The lowest BCUT2D eigenvalue weighted by Crippen LogP contribution is -2.12. The van der Waals surface area contributed by atoms with Gasteiger partial charge in [0.25, 0.3) is 0 Å². The van der Waals surface area contributed by atoms with Gasteiger partial charge in [-0.2, -0.15) is 0 Å². The van der Waals surface area contributed by atoms with Crippen LogP contribution in [-0.2, 0) is 9.59 Å². The van der Waals surface area contributed by atoms with Crippen LogP contribution in [0.25, 0.3) is 5.57 Å². The minimum absolute atomic E-state index is 0.250. The molecule has 30 heavy (non-hydrogen) atoms. The van der Waals surface area contributed by atoms with Gasteiger partial charge in [0.2, 0.25) is 0 Å². The largest absolute Gasteiger partial charge is 0.507 e. The molecule has 6 nitrogen and oxygen atoms in total. The molecule has 0 aliphatic carbocycles. The summed E-state index contributed by atoms with van der Waals surface area (Å²) < 4.78 is 0. The summed E-state index contributed by atoms with van der Waals surface area (Å²) in [4.78, 5) is 23.3. The van der Waals surface area contributed by atoms with Gasteiger partial charge < -0.3 is 20.2 Å². The number of fused-ring (bicyclic) bond motifs is 2. The number of aliphatic carboxylic acids is 2. The Morgan fingerprint density at radius 2 is 1.70 bits per heavy atom. The van der Waals surface area contributed by atoms with Gasteiger partial charge in [0.05, 0.1) is 4.90 Å². The molecule has 0 saturated heterocycles. The van der Waals surface area contributed by atoms with E-state index in [0.29, 0.717) is 17.2 Å². The van der Waals surface area contributed by atoms with Gasteiger partial charge in [-0.1, -0.05) is 47.6 Å².